The number of esters is 1. The molecule has 1 N–H and O–H groups in total. The van der Waals surface area contributed by atoms with Crippen molar-refractivity contribution in [1.29, 1.82) is 0 Å². The fourth-order valence-corrected chi connectivity index (χ4v) is 2.83. The van der Waals surface area contributed by atoms with Gasteiger partial charge in [-0.25, -0.2) is 4.79 Å². The maximum Gasteiger partial charge on any atom is 0.341 e. The van der Waals surface area contributed by atoms with Gasteiger partial charge in [0.15, 0.2) is 0 Å². The fourth-order valence-electron chi connectivity index (χ4n) is 2.83. The summed E-state index contributed by atoms with van der Waals surface area (Å²) in [6.07, 6.45) is 20.1. The number of hydrogen-bond acceptors (Lipinski definition) is 3. The van der Waals surface area contributed by atoms with E-state index in [1.807, 2.05) is 0 Å². The zero-order chi connectivity index (χ0) is 17.6. The van der Waals surface area contributed by atoms with Gasteiger partial charge < -0.3 is 9.84 Å². The summed E-state index contributed by atoms with van der Waals surface area (Å²) < 4.78 is 4.79. The van der Waals surface area contributed by atoms with Gasteiger partial charge in [-0.2, -0.15) is 0 Å². The highest BCUT2D eigenvalue weighted by Crippen LogP contribution is 2.23. The third kappa shape index (κ3) is 8.49. The van der Waals surface area contributed by atoms with Gasteiger partial charge >= 0.3 is 5.97 Å². The molecule has 0 aliphatic carbocycles. The van der Waals surface area contributed by atoms with Gasteiger partial charge in [0.2, 0.25) is 0 Å². The van der Waals surface area contributed by atoms with Crippen molar-refractivity contribution in [3.05, 3.63) is 36.1 Å². The Morgan fingerprint density at radius 2 is 1.50 bits per heavy atom. The Morgan fingerprint density at radius 3 is 2.08 bits per heavy atom. The van der Waals surface area contributed by atoms with Crippen molar-refractivity contribution >= 4 is 5.97 Å². The molecular formula is C21H34O3. The number of hydrogen-bond donors (Lipinski definition) is 1. The van der Waals surface area contributed by atoms with E-state index < -0.39 is 12.1 Å². The summed E-state index contributed by atoms with van der Waals surface area (Å²) in [6, 6.07) is 0. The number of aliphatic hydroxyl groups excluding tert-OH is 1. The van der Waals surface area contributed by atoms with E-state index in [1.54, 1.807) is 6.08 Å². The van der Waals surface area contributed by atoms with Gasteiger partial charge in [0.25, 0.3) is 0 Å². The van der Waals surface area contributed by atoms with Crippen LogP contribution in [0.25, 0.3) is 0 Å². The highest BCUT2D eigenvalue weighted by molar-refractivity contribution is 5.93. The van der Waals surface area contributed by atoms with Gasteiger partial charge in [-0.1, -0.05) is 70.3 Å². The third-order valence-electron chi connectivity index (χ3n) is 4.39. The van der Waals surface area contributed by atoms with E-state index >= 15 is 0 Å². The van der Waals surface area contributed by atoms with E-state index in [2.05, 4.69) is 25.7 Å². The van der Waals surface area contributed by atoms with Crippen molar-refractivity contribution < 1.29 is 14.6 Å². The van der Waals surface area contributed by atoms with Crippen molar-refractivity contribution in [3.63, 3.8) is 0 Å². The summed E-state index contributed by atoms with van der Waals surface area (Å²) in [5, 5.41) is 9.71. The molecule has 1 saturated heterocycles. The molecule has 0 aromatic carbocycles. The topological polar surface area (TPSA) is 46.5 Å². The number of cyclic esters (lactones) is 1. The second kappa shape index (κ2) is 13.0. The van der Waals surface area contributed by atoms with Crippen LogP contribution < -0.4 is 0 Å². The SMILES string of the molecule is C=C1OC(=O)/C(=C/CCCC/C=C\CCCCCCCCC)[C@@H]1O. The number of allylic oxidation sites excluding steroid dienone is 3. The highest BCUT2D eigenvalue weighted by atomic mass is 16.6. The second-order valence-electron chi connectivity index (χ2n) is 6.58. The minimum absolute atomic E-state index is 0.138. The molecule has 0 unspecified atom stereocenters. The molecule has 0 aromatic heterocycles. The van der Waals surface area contributed by atoms with Crippen LogP contribution in [-0.4, -0.2) is 17.2 Å². The van der Waals surface area contributed by atoms with Crippen molar-refractivity contribution in [2.75, 3.05) is 0 Å². The van der Waals surface area contributed by atoms with E-state index in [4.69, 9.17) is 4.74 Å². The predicted octanol–water partition coefficient (Wildman–Crippen LogP) is 5.60. The standard InChI is InChI=1S/C21H34O3/c1-3-4-5-6-7-8-9-10-11-12-13-14-15-16-17-19-20(22)18(2)24-21(19)23/h11-12,17,20,22H,2-10,13-16H2,1H3/b12-11-,19-17+/t20-/m1/s1. The summed E-state index contributed by atoms with van der Waals surface area (Å²) >= 11 is 0. The van der Waals surface area contributed by atoms with Crippen LogP contribution in [0.1, 0.15) is 84.0 Å². The van der Waals surface area contributed by atoms with E-state index in [9.17, 15) is 9.90 Å². The minimum Gasteiger partial charge on any atom is -0.425 e. The number of unbranched alkanes of at least 4 members (excludes halogenated alkanes) is 10. The van der Waals surface area contributed by atoms with Gasteiger partial charge in [0.1, 0.15) is 11.9 Å². The maximum absolute atomic E-state index is 11.4. The first-order valence-corrected chi connectivity index (χ1v) is 9.61. The molecule has 0 radical (unpaired) electrons. The Morgan fingerprint density at radius 1 is 0.958 bits per heavy atom. The fraction of sp³-hybridized carbons (Fsp3) is 0.667. The predicted molar refractivity (Wildman–Crippen MR) is 99.5 cm³/mol. The van der Waals surface area contributed by atoms with Crippen LogP contribution in [0.15, 0.2) is 36.1 Å². The van der Waals surface area contributed by atoms with Crippen LogP contribution in [0.2, 0.25) is 0 Å². The monoisotopic (exact) mass is 334 g/mol. The zero-order valence-corrected chi connectivity index (χ0v) is 15.3. The molecule has 0 spiro atoms. The van der Waals surface area contributed by atoms with Crippen LogP contribution in [0.4, 0.5) is 0 Å². The molecule has 0 amide bonds. The van der Waals surface area contributed by atoms with E-state index in [1.165, 1.54) is 51.4 Å². The Kier molecular flexibility index (Phi) is 11.2. The quantitative estimate of drug-likeness (QED) is 0.206. The highest BCUT2D eigenvalue weighted by Gasteiger charge is 2.32. The summed E-state index contributed by atoms with van der Waals surface area (Å²) in [5.74, 6) is -0.318. The Hall–Kier alpha value is -1.35. The molecule has 24 heavy (non-hydrogen) atoms. The first-order chi connectivity index (χ1) is 11.7. The van der Waals surface area contributed by atoms with Gasteiger partial charge in [0, 0.05) is 0 Å². The molecule has 1 atom stereocenters. The summed E-state index contributed by atoms with van der Waals surface area (Å²) in [5.41, 5.74) is 0.342. The smallest absolute Gasteiger partial charge is 0.341 e. The molecule has 1 aliphatic rings. The second-order valence-corrected chi connectivity index (χ2v) is 6.58. The summed E-state index contributed by atoms with van der Waals surface area (Å²) in [7, 11) is 0. The number of rotatable bonds is 13. The van der Waals surface area contributed by atoms with Crippen LogP contribution in [0, 0.1) is 0 Å². The average Bonchev–Trinajstić information content (AvgIpc) is 2.81. The summed E-state index contributed by atoms with van der Waals surface area (Å²) in [6.45, 7) is 5.77. The molecule has 0 saturated carbocycles. The molecule has 0 bridgehead atoms. The lowest BCUT2D eigenvalue weighted by atomic mass is 10.1. The minimum atomic E-state index is -0.945. The lowest BCUT2D eigenvalue weighted by molar-refractivity contribution is -0.132. The Labute approximate surface area is 147 Å². The zero-order valence-electron chi connectivity index (χ0n) is 15.3. The normalized spacial score (nSPS) is 19.6. The molecule has 3 nitrogen and oxygen atoms in total. The van der Waals surface area contributed by atoms with E-state index in [0.717, 1.165) is 25.7 Å². The number of carbonyl (C=O) groups excluding carboxylic acids is 1. The molecule has 1 rings (SSSR count). The van der Waals surface area contributed by atoms with Gasteiger partial charge in [-0.3, -0.25) is 0 Å². The van der Waals surface area contributed by atoms with E-state index in [-0.39, 0.29) is 5.76 Å². The molecule has 1 fully saturated rings. The van der Waals surface area contributed by atoms with Gasteiger partial charge in [-0.15, -0.1) is 0 Å². The summed E-state index contributed by atoms with van der Waals surface area (Å²) in [4.78, 5) is 11.4. The van der Waals surface area contributed by atoms with Crippen molar-refractivity contribution in [3.8, 4) is 0 Å². The van der Waals surface area contributed by atoms with Gasteiger partial charge in [-0.05, 0) is 38.5 Å². The van der Waals surface area contributed by atoms with Crippen LogP contribution in [0.5, 0.6) is 0 Å². The van der Waals surface area contributed by atoms with Crippen molar-refractivity contribution in [2.24, 2.45) is 0 Å². The van der Waals surface area contributed by atoms with Gasteiger partial charge in [0.05, 0.1) is 5.57 Å². The number of carbonyl (C=O) groups is 1. The first-order valence-electron chi connectivity index (χ1n) is 9.61. The molecule has 0 aromatic rings. The van der Waals surface area contributed by atoms with E-state index in [0.29, 0.717) is 5.57 Å². The number of ether oxygens (including phenoxy) is 1. The molecular weight excluding hydrogens is 300 g/mol. The largest absolute Gasteiger partial charge is 0.425 e. The molecule has 136 valence electrons. The Balaban J connectivity index is 1.95. The van der Waals surface area contributed by atoms with Crippen molar-refractivity contribution in [1.82, 2.24) is 0 Å². The number of aliphatic hydroxyl groups is 1. The lowest BCUT2D eigenvalue weighted by Gasteiger charge is -2.00. The van der Waals surface area contributed by atoms with Crippen LogP contribution >= 0.6 is 0 Å². The average molecular weight is 335 g/mol. The Bertz CT molecular complexity index is 434. The molecule has 1 aliphatic heterocycles. The lowest BCUT2D eigenvalue weighted by Crippen LogP contribution is -2.07. The van der Waals surface area contributed by atoms with Crippen LogP contribution in [0.3, 0.4) is 0 Å². The third-order valence-corrected chi connectivity index (χ3v) is 4.39. The van der Waals surface area contributed by atoms with Crippen molar-refractivity contribution in [2.45, 2.75) is 90.1 Å². The first kappa shape index (κ1) is 20.7. The molecule has 3 heteroatoms. The van der Waals surface area contributed by atoms with Crippen LogP contribution in [-0.2, 0) is 9.53 Å². The maximum atomic E-state index is 11.4. The molecule has 1 heterocycles.